The van der Waals surface area contributed by atoms with Crippen molar-refractivity contribution in [3.8, 4) is 0 Å². The molecule has 1 unspecified atom stereocenters. The molecular formula is C7H15NO5S. The summed E-state index contributed by atoms with van der Waals surface area (Å²) in [4.78, 5) is 10.2. The Hall–Kier alpha value is -0.660. The maximum atomic E-state index is 11.1. The zero-order valence-corrected chi connectivity index (χ0v) is 8.91. The first kappa shape index (κ1) is 13.3. The molecule has 0 aromatic heterocycles. The average molecular weight is 225 g/mol. The van der Waals surface area contributed by atoms with Crippen molar-refractivity contribution in [2.45, 2.75) is 31.6 Å². The maximum Gasteiger partial charge on any atom is 0.332 e. The number of carbonyl (C=O) groups is 1. The van der Waals surface area contributed by atoms with Crippen LogP contribution in [0, 0.1) is 0 Å². The molecule has 0 fully saturated rings. The second-order valence-corrected chi connectivity index (χ2v) is 5.45. The zero-order valence-electron chi connectivity index (χ0n) is 8.10. The Labute approximate surface area is 83.0 Å². The summed E-state index contributed by atoms with van der Waals surface area (Å²) in [6, 6.07) is 0. The summed E-state index contributed by atoms with van der Waals surface area (Å²) in [5.74, 6) is -1.35. The lowest BCUT2D eigenvalue weighted by Crippen LogP contribution is -2.34. The van der Waals surface area contributed by atoms with Crippen LogP contribution in [0.2, 0.25) is 0 Å². The summed E-state index contributed by atoms with van der Waals surface area (Å²) in [6.45, 7) is 2.94. The van der Waals surface area contributed by atoms with Gasteiger partial charge in [0.2, 0.25) is 10.0 Å². The van der Waals surface area contributed by atoms with E-state index in [1.54, 1.807) is 0 Å². The van der Waals surface area contributed by atoms with Crippen molar-refractivity contribution < 1.29 is 23.4 Å². The molecule has 0 aliphatic heterocycles. The largest absolute Gasteiger partial charge is 0.479 e. The highest BCUT2D eigenvalue weighted by molar-refractivity contribution is 7.90. The Kier molecular flexibility index (Phi) is 5.03. The summed E-state index contributed by atoms with van der Waals surface area (Å²) in [5.41, 5.74) is 0. The van der Waals surface area contributed by atoms with E-state index in [-0.39, 0.29) is 13.0 Å². The van der Waals surface area contributed by atoms with Gasteiger partial charge in [0.15, 0.2) is 6.10 Å². The topological polar surface area (TPSA) is 104 Å². The minimum Gasteiger partial charge on any atom is -0.479 e. The Balaban J connectivity index is 3.92. The molecule has 0 aromatic rings. The molecule has 3 N–H and O–H groups in total. The molecule has 0 spiro atoms. The van der Waals surface area contributed by atoms with E-state index < -0.39 is 27.3 Å². The summed E-state index contributed by atoms with van der Waals surface area (Å²) in [6.07, 6.45) is -1.66. The molecule has 0 heterocycles. The van der Waals surface area contributed by atoms with Gasteiger partial charge in [0, 0.05) is 6.54 Å². The molecule has 0 radical (unpaired) electrons. The van der Waals surface area contributed by atoms with Crippen LogP contribution in [0.5, 0.6) is 0 Å². The molecule has 0 aliphatic carbocycles. The SMILES string of the molecule is CC(C)S(=O)(=O)NCCC(O)C(=O)O. The number of carboxylic acids is 1. The van der Waals surface area contributed by atoms with Crippen LogP contribution < -0.4 is 4.72 Å². The minimum atomic E-state index is -3.37. The molecule has 14 heavy (non-hydrogen) atoms. The van der Waals surface area contributed by atoms with Crippen molar-refractivity contribution in [3.63, 3.8) is 0 Å². The fourth-order valence-corrected chi connectivity index (χ4v) is 1.36. The third-order valence-corrected chi connectivity index (χ3v) is 3.47. The van der Waals surface area contributed by atoms with Gasteiger partial charge < -0.3 is 10.2 Å². The van der Waals surface area contributed by atoms with Gasteiger partial charge in [-0.3, -0.25) is 0 Å². The molecule has 0 amide bonds. The summed E-state index contributed by atoms with van der Waals surface area (Å²) >= 11 is 0. The van der Waals surface area contributed by atoms with E-state index in [9.17, 15) is 13.2 Å². The Morgan fingerprint density at radius 3 is 2.29 bits per heavy atom. The smallest absolute Gasteiger partial charge is 0.332 e. The Bertz CT molecular complexity index is 284. The molecule has 0 aliphatic rings. The first-order chi connectivity index (χ1) is 6.27. The molecule has 1 atom stereocenters. The Morgan fingerprint density at radius 1 is 1.43 bits per heavy atom. The van der Waals surface area contributed by atoms with E-state index in [1.165, 1.54) is 13.8 Å². The fraction of sp³-hybridized carbons (Fsp3) is 0.857. The van der Waals surface area contributed by atoms with Gasteiger partial charge in [-0.2, -0.15) is 0 Å². The van der Waals surface area contributed by atoms with Gasteiger partial charge in [-0.1, -0.05) is 0 Å². The number of aliphatic carboxylic acids is 1. The van der Waals surface area contributed by atoms with Crippen LogP contribution in [0.15, 0.2) is 0 Å². The van der Waals surface area contributed by atoms with Gasteiger partial charge in [-0.25, -0.2) is 17.9 Å². The van der Waals surface area contributed by atoms with E-state index >= 15 is 0 Å². The number of hydrogen-bond donors (Lipinski definition) is 3. The van der Waals surface area contributed by atoms with Gasteiger partial charge >= 0.3 is 5.97 Å². The van der Waals surface area contributed by atoms with Crippen LogP contribution in [0.25, 0.3) is 0 Å². The van der Waals surface area contributed by atoms with E-state index in [2.05, 4.69) is 4.72 Å². The van der Waals surface area contributed by atoms with Crippen LogP contribution in [0.4, 0.5) is 0 Å². The zero-order chi connectivity index (χ0) is 11.4. The second-order valence-electron chi connectivity index (χ2n) is 3.13. The summed E-state index contributed by atoms with van der Waals surface area (Å²) in [7, 11) is -3.37. The molecule has 7 heteroatoms. The molecule has 84 valence electrons. The van der Waals surface area contributed by atoms with Crippen molar-refractivity contribution >= 4 is 16.0 Å². The molecule has 0 bridgehead atoms. The van der Waals surface area contributed by atoms with Crippen LogP contribution >= 0.6 is 0 Å². The highest BCUT2D eigenvalue weighted by atomic mass is 32.2. The lowest BCUT2D eigenvalue weighted by molar-refractivity contribution is -0.146. The van der Waals surface area contributed by atoms with Gasteiger partial charge in [0.05, 0.1) is 5.25 Å². The number of nitrogens with one attached hydrogen (secondary N) is 1. The van der Waals surface area contributed by atoms with Crippen LogP contribution in [-0.4, -0.2) is 42.5 Å². The van der Waals surface area contributed by atoms with Crippen LogP contribution in [0.1, 0.15) is 20.3 Å². The first-order valence-corrected chi connectivity index (χ1v) is 5.71. The van der Waals surface area contributed by atoms with Crippen LogP contribution in [-0.2, 0) is 14.8 Å². The highest BCUT2D eigenvalue weighted by Crippen LogP contribution is 1.97. The third kappa shape index (κ3) is 4.54. The van der Waals surface area contributed by atoms with Gasteiger partial charge in [-0.15, -0.1) is 0 Å². The van der Waals surface area contributed by atoms with E-state index in [0.29, 0.717) is 0 Å². The lowest BCUT2D eigenvalue weighted by atomic mass is 10.3. The van der Waals surface area contributed by atoms with Crippen molar-refractivity contribution in [2.75, 3.05) is 6.54 Å². The molecular weight excluding hydrogens is 210 g/mol. The minimum absolute atomic E-state index is 0.0754. The molecule has 6 nitrogen and oxygen atoms in total. The standard InChI is InChI=1S/C7H15NO5S/c1-5(2)14(12,13)8-4-3-6(9)7(10)11/h5-6,8-9H,3-4H2,1-2H3,(H,10,11). The number of sulfonamides is 1. The van der Waals surface area contributed by atoms with Crippen molar-refractivity contribution in [1.29, 1.82) is 0 Å². The quantitative estimate of drug-likeness (QED) is 0.546. The fourth-order valence-electron chi connectivity index (χ4n) is 0.628. The van der Waals surface area contributed by atoms with Crippen LogP contribution in [0.3, 0.4) is 0 Å². The van der Waals surface area contributed by atoms with E-state index in [0.717, 1.165) is 0 Å². The predicted molar refractivity (Wildman–Crippen MR) is 50.3 cm³/mol. The summed E-state index contributed by atoms with van der Waals surface area (Å²) in [5, 5.41) is 16.6. The predicted octanol–water partition coefficient (Wildman–Crippen LogP) is -0.850. The van der Waals surface area contributed by atoms with Gasteiger partial charge in [0.1, 0.15) is 0 Å². The van der Waals surface area contributed by atoms with Crippen molar-refractivity contribution in [3.05, 3.63) is 0 Å². The van der Waals surface area contributed by atoms with Gasteiger partial charge in [-0.05, 0) is 20.3 Å². The molecule has 0 aromatic carbocycles. The third-order valence-electron chi connectivity index (χ3n) is 1.63. The summed E-state index contributed by atoms with van der Waals surface area (Å²) < 4.78 is 24.5. The second kappa shape index (κ2) is 5.28. The lowest BCUT2D eigenvalue weighted by Gasteiger charge is -2.10. The normalized spacial score (nSPS) is 14.3. The Morgan fingerprint density at radius 2 is 1.93 bits per heavy atom. The number of rotatable bonds is 6. The van der Waals surface area contributed by atoms with Crippen molar-refractivity contribution in [1.82, 2.24) is 4.72 Å². The number of aliphatic hydroxyl groups excluding tert-OH is 1. The molecule has 0 saturated carbocycles. The van der Waals surface area contributed by atoms with E-state index in [1.807, 2.05) is 0 Å². The number of hydrogen-bond acceptors (Lipinski definition) is 4. The van der Waals surface area contributed by atoms with Gasteiger partial charge in [0.25, 0.3) is 0 Å². The molecule has 0 rings (SSSR count). The maximum absolute atomic E-state index is 11.1. The number of aliphatic hydroxyl groups is 1. The monoisotopic (exact) mass is 225 g/mol. The first-order valence-electron chi connectivity index (χ1n) is 4.16. The molecule has 0 saturated heterocycles. The van der Waals surface area contributed by atoms with E-state index in [4.69, 9.17) is 10.2 Å². The highest BCUT2D eigenvalue weighted by Gasteiger charge is 2.17. The number of carboxylic acid groups (broad SMARTS) is 1. The van der Waals surface area contributed by atoms with Crippen molar-refractivity contribution in [2.24, 2.45) is 0 Å². The average Bonchev–Trinajstić information content (AvgIpc) is 2.03.